The van der Waals surface area contributed by atoms with Crippen molar-refractivity contribution in [2.45, 2.75) is 18.4 Å². The van der Waals surface area contributed by atoms with Crippen LogP contribution in [0.2, 0.25) is 0 Å². The number of fused-ring (bicyclic) bond motifs is 4. The molecule has 2 aliphatic heterocycles. The molecule has 2 aromatic rings. The molecule has 1 spiro atoms. The van der Waals surface area contributed by atoms with Gasteiger partial charge in [-0.2, -0.15) is 5.10 Å². The van der Waals surface area contributed by atoms with Gasteiger partial charge in [-0.1, -0.05) is 0 Å². The van der Waals surface area contributed by atoms with Gasteiger partial charge in [-0.25, -0.2) is 14.1 Å². The second-order valence-electron chi connectivity index (χ2n) is 4.96. The minimum Gasteiger partial charge on any atom is -0.463 e. The maximum atomic E-state index is 6.24. The molecule has 1 fully saturated rings. The summed E-state index contributed by atoms with van der Waals surface area (Å²) in [5, 5.41) is 4.42. The first-order valence-corrected chi connectivity index (χ1v) is 6.72. The lowest BCUT2D eigenvalue weighted by molar-refractivity contribution is -0.00112. The lowest BCUT2D eigenvalue weighted by atomic mass is 9.87. The predicted molar refractivity (Wildman–Crippen MR) is 70.3 cm³/mol. The van der Waals surface area contributed by atoms with Crippen LogP contribution in [0.3, 0.4) is 0 Å². The molecule has 4 rings (SSSR count). The SMILES string of the molecule is ClN1CCC2(CC1)Oc1ncccc1-n1nccc12. The number of nitrogens with zero attached hydrogens (tertiary/aromatic N) is 4. The van der Waals surface area contributed by atoms with E-state index in [9.17, 15) is 0 Å². The summed E-state index contributed by atoms with van der Waals surface area (Å²) in [4.78, 5) is 4.34. The molecule has 0 bridgehead atoms. The molecule has 1 saturated heterocycles. The lowest BCUT2D eigenvalue weighted by Gasteiger charge is -2.42. The van der Waals surface area contributed by atoms with E-state index in [4.69, 9.17) is 16.5 Å². The van der Waals surface area contributed by atoms with E-state index in [0.29, 0.717) is 5.88 Å². The fourth-order valence-electron chi connectivity index (χ4n) is 2.90. The highest BCUT2D eigenvalue weighted by Crippen LogP contribution is 2.43. The quantitative estimate of drug-likeness (QED) is 0.691. The Kier molecular flexibility index (Phi) is 2.34. The van der Waals surface area contributed by atoms with Gasteiger partial charge in [0, 0.05) is 38.3 Å². The van der Waals surface area contributed by atoms with Gasteiger partial charge in [0.15, 0.2) is 5.60 Å². The zero-order valence-corrected chi connectivity index (χ0v) is 11.0. The Labute approximate surface area is 115 Å². The van der Waals surface area contributed by atoms with Crippen LogP contribution >= 0.6 is 11.8 Å². The standard InChI is InChI=1S/C13H13ClN4O/c14-17-8-4-13(5-9-17)11-3-7-16-18(11)10-2-1-6-15-12(10)19-13/h1-3,6-7H,4-5,8-9H2. The fraction of sp³-hybridized carbons (Fsp3) is 0.385. The van der Waals surface area contributed by atoms with Crippen LogP contribution in [0, 0.1) is 0 Å². The van der Waals surface area contributed by atoms with E-state index in [1.165, 1.54) is 0 Å². The predicted octanol–water partition coefficient (Wildman–Crippen LogP) is 2.10. The van der Waals surface area contributed by atoms with E-state index >= 15 is 0 Å². The molecule has 0 radical (unpaired) electrons. The first-order valence-electron chi connectivity index (χ1n) is 6.38. The second-order valence-corrected chi connectivity index (χ2v) is 5.44. The summed E-state index contributed by atoms with van der Waals surface area (Å²) in [7, 11) is 0. The van der Waals surface area contributed by atoms with Crippen molar-refractivity contribution in [1.29, 1.82) is 0 Å². The van der Waals surface area contributed by atoms with Crippen LogP contribution in [0.5, 0.6) is 5.88 Å². The number of hydrogen-bond acceptors (Lipinski definition) is 4. The van der Waals surface area contributed by atoms with Crippen molar-refractivity contribution in [3.8, 4) is 11.6 Å². The number of rotatable bonds is 0. The third-order valence-corrected chi connectivity index (χ3v) is 4.24. The number of piperidine rings is 1. The van der Waals surface area contributed by atoms with E-state index < -0.39 is 0 Å². The van der Waals surface area contributed by atoms with Crippen LogP contribution < -0.4 is 4.74 Å². The highest BCUT2D eigenvalue weighted by Gasteiger charge is 2.44. The third kappa shape index (κ3) is 1.58. The summed E-state index contributed by atoms with van der Waals surface area (Å²) in [5.41, 5.74) is 1.66. The first-order chi connectivity index (χ1) is 9.28. The zero-order chi connectivity index (χ0) is 12.9. The Balaban J connectivity index is 1.86. The highest BCUT2D eigenvalue weighted by atomic mass is 35.5. The van der Waals surface area contributed by atoms with Crippen LogP contribution in [-0.4, -0.2) is 32.3 Å². The molecule has 0 aliphatic carbocycles. The average Bonchev–Trinajstić information content (AvgIpc) is 2.93. The van der Waals surface area contributed by atoms with Crippen molar-refractivity contribution in [2.24, 2.45) is 0 Å². The minimum atomic E-state index is -0.344. The fourth-order valence-corrected chi connectivity index (χ4v) is 3.07. The first kappa shape index (κ1) is 11.3. The van der Waals surface area contributed by atoms with Crippen molar-refractivity contribution in [1.82, 2.24) is 19.2 Å². The van der Waals surface area contributed by atoms with Gasteiger partial charge in [0.05, 0.1) is 5.69 Å². The van der Waals surface area contributed by atoms with Crippen LogP contribution in [0.4, 0.5) is 0 Å². The number of ether oxygens (including phenoxy) is 1. The molecular weight excluding hydrogens is 264 g/mol. The van der Waals surface area contributed by atoms with Crippen LogP contribution in [-0.2, 0) is 5.60 Å². The van der Waals surface area contributed by atoms with Gasteiger partial charge in [0.2, 0.25) is 5.88 Å². The van der Waals surface area contributed by atoms with Crippen molar-refractivity contribution in [3.63, 3.8) is 0 Å². The van der Waals surface area contributed by atoms with E-state index in [-0.39, 0.29) is 5.60 Å². The molecule has 0 aromatic carbocycles. The summed E-state index contributed by atoms with van der Waals surface area (Å²) in [6.45, 7) is 1.60. The van der Waals surface area contributed by atoms with Crippen LogP contribution in [0.1, 0.15) is 18.5 Å². The van der Waals surface area contributed by atoms with E-state index in [0.717, 1.165) is 37.3 Å². The van der Waals surface area contributed by atoms with Gasteiger partial charge in [0.25, 0.3) is 0 Å². The van der Waals surface area contributed by atoms with Crippen molar-refractivity contribution >= 4 is 11.8 Å². The molecule has 2 aromatic heterocycles. The number of pyridine rings is 1. The Hall–Kier alpha value is -1.59. The van der Waals surface area contributed by atoms with Gasteiger partial charge in [-0.05, 0) is 30.0 Å². The monoisotopic (exact) mass is 276 g/mol. The second kappa shape index (κ2) is 3.95. The molecular formula is C13H13ClN4O. The van der Waals surface area contributed by atoms with E-state index in [1.54, 1.807) is 6.20 Å². The molecule has 6 heteroatoms. The maximum Gasteiger partial charge on any atom is 0.240 e. The normalized spacial score (nSPS) is 20.7. The van der Waals surface area contributed by atoms with Crippen LogP contribution in [0.25, 0.3) is 5.69 Å². The molecule has 98 valence electrons. The van der Waals surface area contributed by atoms with Gasteiger partial charge >= 0.3 is 0 Å². The van der Waals surface area contributed by atoms with E-state index in [2.05, 4.69) is 10.1 Å². The molecule has 0 saturated carbocycles. The van der Waals surface area contributed by atoms with Gasteiger partial charge in [-0.15, -0.1) is 0 Å². The van der Waals surface area contributed by atoms with Crippen molar-refractivity contribution in [2.75, 3.05) is 13.1 Å². The summed E-state index contributed by atoms with van der Waals surface area (Å²) in [5.74, 6) is 0.654. The third-order valence-electron chi connectivity index (χ3n) is 3.90. The molecule has 0 N–H and O–H groups in total. The topological polar surface area (TPSA) is 43.2 Å². The Bertz CT molecular complexity index is 619. The van der Waals surface area contributed by atoms with Crippen LogP contribution in [0.15, 0.2) is 30.6 Å². The van der Waals surface area contributed by atoms with Crippen molar-refractivity contribution in [3.05, 3.63) is 36.3 Å². The Morgan fingerprint density at radius 3 is 2.89 bits per heavy atom. The minimum absolute atomic E-state index is 0.344. The molecule has 0 atom stereocenters. The summed E-state index contributed by atoms with van der Waals surface area (Å²) < 4.78 is 9.99. The number of hydrogen-bond donors (Lipinski definition) is 0. The summed E-state index contributed by atoms with van der Waals surface area (Å²) in [6, 6.07) is 5.90. The average molecular weight is 277 g/mol. The smallest absolute Gasteiger partial charge is 0.240 e. The van der Waals surface area contributed by atoms with E-state index in [1.807, 2.05) is 33.5 Å². The molecule has 19 heavy (non-hydrogen) atoms. The largest absolute Gasteiger partial charge is 0.463 e. The van der Waals surface area contributed by atoms with Crippen molar-refractivity contribution < 1.29 is 4.74 Å². The number of halogens is 1. The summed E-state index contributed by atoms with van der Waals surface area (Å²) in [6.07, 6.45) is 5.25. The van der Waals surface area contributed by atoms with Gasteiger partial charge < -0.3 is 4.74 Å². The maximum absolute atomic E-state index is 6.24. The molecule has 5 nitrogen and oxygen atoms in total. The highest BCUT2D eigenvalue weighted by molar-refractivity contribution is 6.13. The molecule has 0 unspecified atom stereocenters. The Morgan fingerprint density at radius 2 is 2.05 bits per heavy atom. The molecule has 2 aliphatic rings. The summed E-state index contributed by atoms with van der Waals surface area (Å²) >= 11 is 6.06. The molecule has 4 heterocycles. The molecule has 0 amide bonds. The Morgan fingerprint density at radius 1 is 1.21 bits per heavy atom. The van der Waals surface area contributed by atoms with Gasteiger partial charge in [0.1, 0.15) is 5.69 Å². The lowest BCUT2D eigenvalue weighted by Crippen LogP contribution is -2.46. The zero-order valence-electron chi connectivity index (χ0n) is 10.3. The number of aromatic nitrogens is 3. The van der Waals surface area contributed by atoms with Gasteiger partial charge in [-0.3, -0.25) is 0 Å².